The number of para-hydroxylation sites is 1. The number of amides is 2. The minimum Gasteiger partial charge on any atom is -0.322 e. The van der Waals surface area contributed by atoms with E-state index in [1.54, 1.807) is 0 Å². The molecule has 2 amide bonds. The molecule has 1 aliphatic carbocycles. The molecule has 1 aliphatic heterocycles. The summed E-state index contributed by atoms with van der Waals surface area (Å²) in [6.45, 7) is 7.92. The first kappa shape index (κ1) is 17.3. The highest BCUT2D eigenvalue weighted by Crippen LogP contribution is 2.24. The Balaban J connectivity index is 1.56. The van der Waals surface area contributed by atoms with Crippen LogP contribution in [0.25, 0.3) is 0 Å². The second-order valence-electron chi connectivity index (χ2n) is 7.21. The Morgan fingerprint density at radius 3 is 2.50 bits per heavy atom. The standard InChI is InChI=1S/C20H31N3O/c1-3-17-9-7-8-16(2)19(17)21-20(24)23-14-12-22(13-15-23)18-10-5-4-6-11-18/h7-9,18H,3-6,10-15H2,1-2H3,(H,21,24). The second kappa shape index (κ2) is 8.02. The minimum absolute atomic E-state index is 0.0577. The highest BCUT2D eigenvalue weighted by Gasteiger charge is 2.27. The van der Waals surface area contributed by atoms with Gasteiger partial charge in [-0.3, -0.25) is 4.90 Å². The molecular weight excluding hydrogens is 298 g/mol. The molecule has 1 saturated heterocycles. The SMILES string of the molecule is CCc1cccc(C)c1NC(=O)N1CCN(C2CCCCC2)CC1. The molecule has 0 aromatic heterocycles. The van der Waals surface area contributed by atoms with Gasteiger partial charge in [0.2, 0.25) is 0 Å². The van der Waals surface area contributed by atoms with Crippen molar-refractivity contribution in [2.45, 2.75) is 58.4 Å². The molecule has 4 heteroatoms. The number of nitrogens with one attached hydrogen (secondary N) is 1. The van der Waals surface area contributed by atoms with E-state index in [4.69, 9.17) is 0 Å². The molecule has 1 aromatic rings. The van der Waals surface area contributed by atoms with Crippen LogP contribution in [0.15, 0.2) is 18.2 Å². The van der Waals surface area contributed by atoms with Crippen molar-refractivity contribution in [3.63, 3.8) is 0 Å². The summed E-state index contributed by atoms with van der Waals surface area (Å²) in [5.74, 6) is 0. The Kier molecular flexibility index (Phi) is 5.77. The predicted octanol–water partition coefficient (Wildman–Crippen LogP) is 4.04. The highest BCUT2D eigenvalue weighted by molar-refractivity contribution is 5.91. The summed E-state index contributed by atoms with van der Waals surface area (Å²) in [5, 5.41) is 3.16. The smallest absolute Gasteiger partial charge is 0.321 e. The first-order valence-corrected chi connectivity index (χ1v) is 9.57. The van der Waals surface area contributed by atoms with Crippen molar-refractivity contribution in [3.05, 3.63) is 29.3 Å². The molecule has 0 radical (unpaired) electrons. The van der Waals surface area contributed by atoms with Crippen LogP contribution in [0.3, 0.4) is 0 Å². The van der Waals surface area contributed by atoms with Crippen molar-refractivity contribution in [2.24, 2.45) is 0 Å². The molecule has 0 spiro atoms. The summed E-state index contributed by atoms with van der Waals surface area (Å²) < 4.78 is 0. The summed E-state index contributed by atoms with van der Waals surface area (Å²) in [7, 11) is 0. The maximum atomic E-state index is 12.7. The summed E-state index contributed by atoms with van der Waals surface area (Å²) in [5.41, 5.74) is 3.35. The normalized spacial score (nSPS) is 20.2. The van der Waals surface area contributed by atoms with Crippen LogP contribution < -0.4 is 5.32 Å². The number of hydrogen-bond acceptors (Lipinski definition) is 2. The van der Waals surface area contributed by atoms with Crippen LogP contribution in [-0.2, 0) is 6.42 Å². The van der Waals surface area contributed by atoms with Crippen molar-refractivity contribution >= 4 is 11.7 Å². The van der Waals surface area contributed by atoms with Gasteiger partial charge in [0.1, 0.15) is 0 Å². The second-order valence-corrected chi connectivity index (χ2v) is 7.21. The molecule has 2 fully saturated rings. The van der Waals surface area contributed by atoms with E-state index in [9.17, 15) is 4.79 Å². The van der Waals surface area contributed by atoms with Gasteiger partial charge in [0.15, 0.2) is 0 Å². The largest absolute Gasteiger partial charge is 0.322 e. The molecule has 3 rings (SSSR count). The van der Waals surface area contributed by atoms with E-state index in [2.05, 4.69) is 42.3 Å². The van der Waals surface area contributed by atoms with Gasteiger partial charge in [-0.15, -0.1) is 0 Å². The summed E-state index contributed by atoms with van der Waals surface area (Å²) in [6, 6.07) is 7.04. The number of nitrogens with zero attached hydrogens (tertiary/aromatic N) is 2. The number of anilines is 1. The third-order valence-electron chi connectivity index (χ3n) is 5.66. The molecule has 0 bridgehead atoms. The van der Waals surface area contributed by atoms with Gasteiger partial charge in [-0.05, 0) is 37.3 Å². The summed E-state index contributed by atoms with van der Waals surface area (Å²) in [6.07, 6.45) is 7.77. The van der Waals surface area contributed by atoms with Crippen molar-refractivity contribution in [1.82, 2.24) is 9.80 Å². The average Bonchev–Trinajstić information content (AvgIpc) is 2.64. The first-order chi connectivity index (χ1) is 11.7. The van der Waals surface area contributed by atoms with Crippen molar-refractivity contribution in [1.29, 1.82) is 0 Å². The molecule has 0 unspecified atom stereocenters. The van der Waals surface area contributed by atoms with Gasteiger partial charge in [0.05, 0.1) is 0 Å². The van der Waals surface area contributed by atoms with E-state index in [0.29, 0.717) is 0 Å². The first-order valence-electron chi connectivity index (χ1n) is 9.57. The predicted molar refractivity (Wildman–Crippen MR) is 99.6 cm³/mol. The van der Waals surface area contributed by atoms with Gasteiger partial charge < -0.3 is 10.2 Å². The third-order valence-corrected chi connectivity index (χ3v) is 5.66. The van der Waals surface area contributed by atoms with E-state index in [1.165, 1.54) is 37.7 Å². The quantitative estimate of drug-likeness (QED) is 0.908. The Morgan fingerprint density at radius 2 is 1.83 bits per heavy atom. The molecule has 132 valence electrons. The third kappa shape index (κ3) is 3.92. The lowest BCUT2D eigenvalue weighted by Gasteiger charge is -2.40. The number of carbonyl (C=O) groups is 1. The number of piperazine rings is 1. The van der Waals surface area contributed by atoms with E-state index < -0.39 is 0 Å². The van der Waals surface area contributed by atoms with Gasteiger partial charge in [-0.25, -0.2) is 4.79 Å². The van der Waals surface area contributed by atoms with Crippen molar-refractivity contribution < 1.29 is 4.79 Å². The fourth-order valence-electron chi connectivity index (χ4n) is 4.12. The molecule has 0 atom stereocenters. The number of aryl methyl sites for hydroxylation is 2. The average molecular weight is 329 g/mol. The van der Waals surface area contributed by atoms with Crippen molar-refractivity contribution in [2.75, 3.05) is 31.5 Å². The van der Waals surface area contributed by atoms with E-state index >= 15 is 0 Å². The number of hydrogen-bond donors (Lipinski definition) is 1. The number of urea groups is 1. The van der Waals surface area contributed by atoms with Crippen LogP contribution in [0.4, 0.5) is 10.5 Å². The van der Waals surface area contributed by atoms with Crippen LogP contribution >= 0.6 is 0 Å². The molecule has 1 heterocycles. The lowest BCUT2D eigenvalue weighted by atomic mass is 9.94. The minimum atomic E-state index is 0.0577. The number of rotatable bonds is 3. The Hall–Kier alpha value is -1.55. The topological polar surface area (TPSA) is 35.6 Å². The molecule has 1 N–H and O–H groups in total. The Bertz CT molecular complexity index is 558. The van der Waals surface area contributed by atoms with Crippen LogP contribution in [-0.4, -0.2) is 48.1 Å². The highest BCUT2D eigenvalue weighted by atomic mass is 16.2. The maximum Gasteiger partial charge on any atom is 0.321 e. The molecule has 24 heavy (non-hydrogen) atoms. The van der Waals surface area contributed by atoms with Gasteiger partial charge >= 0.3 is 6.03 Å². The lowest BCUT2D eigenvalue weighted by molar-refractivity contribution is 0.0943. The van der Waals surface area contributed by atoms with Crippen LogP contribution in [0.5, 0.6) is 0 Å². The zero-order valence-corrected chi connectivity index (χ0v) is 15.2. The summed E-state index contributed by atoms with van der Waals surface area (Å²) >= 11 is 0. The van der Waals surface area contributed by atoms with Crippen molar-refractivity contribution in [3.8, 4) is 0 Å². The fraction of sp³-hybridized carbons (Fsp3) is 0.650. The zero-order chi connectivity index (χ0) is 16.9. The Morgan fingerprint density at radius 1 is 1.12 bits per heavy atom. The Labute approximate surface area is 146 Å². The van der Waals surface area contributed by atoms with Gasteiger partial charge in [0.25, 0.3) is 0 Å². The molecule has 4 nitrogen and oxygen atoms in total. The number of carbonyl (C=O) groups excluding carboxylic acids is 1. The monoisotopic (exact) mass is 329 g/mol. The zero-order valence-electron chi connectivity index (χ0n) is 15.2. The van der Waals surface area contributed by atoms with Crippen LogP contribution in [0.1, 0.15) is 50.2 Å². The summed E-state index contributed by atoms with van der Waals surface area (Å²) in [4.78, 5) is 17.2. The van der Waals surface area contributed by atoms with E-state index in [1.807, 2.05) is 4.90 Å². The molecule has 1 aromatic carbocycles. The number of benzene rings is 1. The van der Waals surface area contributed by atoms with Crippen LogP contribution in [0.2, 0.25) is 0 Å². The molecule has 1 saturated carbocycles. The maximum absolute atomic E-state index is 12.7. The van der Waals surface area contributed by atoms with E-state index in [0.717, 1.165) is 49.9 Å². The van der Waals surface area contributed by atoms with Gasteiger partial charge in [-0.1, -0.05) is 44.4 Å². The van der Waals surface area contributed by atoms with Gasteiger partial charge in [0, 0.05) is 37.9 Å². The lowest BCUT2D eigenvalue weighted by Crippen LogP contribution is -2.53. The van der Waals surface area contributed by atoms with Crippen LogP contribution in [0, 0.1) is 6.92 Å². The van der Waals surface area contributed by atoms with Gasteiger partial charge in [-0.2, -0.15) is 0 Å². The van der Waals surface area contributed by atoms with E-state index in [-0.39, 0.29) is 6.03 Å². The fourth-order valence-corrected chi connectivity index (χ4v) is 4.12. The molecule has 2 aliphatic rings. The molecular formula is C20H31N3O.